The largest absolute Gasteiger partial charge is 0.341 e. The molecule has 2 aromatic carbocycles. The first-order valence-corrected chi connectivity index (χ1v) is 14.0. The van der Waals surface area contributed by atoms with E-state index in [1.165, 1.54) is 0 Å². The molecule has 4 heterocycles. The molecule has 0 bridgehead atoms. The van der Waals surface area contributed by atoms with E-state index in [-0.39, 0.29) is 11.1 Å². The average Bonchev–Trinajstić information content (AvgIpc) is 3.67. The van der Waals surface area contributed by atoms with Gasteiger partial charge in [-0.2, -0.15) is 5.10 Å². The van der Waals surface area contributed by atoms with Crippen LogP contribution in [0.2, 0.25) is 0 Å². The average molecular weight is 530 g/mol. The van der Waals surface area contributed by atoms with Crippen LogP contribution in [0.4, 0.5) is 20.2 Å². The topological polar surface area (TPSA) is 55.1 Å². The number of aromatic nitrogens is 3. The Hall–Kier alpha value is -3.52. The summed E-state index contributed by atoms with van der Waals surface area (Å²) in [5.41, 5.74) is 5.67. The molecule has 2 aliphatic heterocycles. The number of pyridine rings is 1. The van der Waals surface area contributed by atoms with Crippen molar-refractivity contribution in [1.29, 1.82) is 0 Å². The quantitative estimate of drug-likeness (QED) is 0.358. The molecule has 0 spiro atoms. The predicted molar refractivity (Wildman–Crippen MR) is 150 cm³/mol. The highest BCUT2D eigenvalue weighted by molar-refractivity contribution is 5.95. The van der Waals surface area contributed by atoms with Crippen LogP contribution in [0.25, 0.3) is 22.0 Å². The summed E-state index contributed by atoms with van der Waals surface area (Å²) in [4.78, 5) is 14.7. The molecule has 4 aromatic rings. The molecule has 202 valence electrons. The molecule has 3 aliphatic rings. The smallest absolute Gasteiger partial charge is 0.264 e. The van der Waals surface area contributed by atoms with Crippen LogP contribution in [0.15, 0.2) is 53.6 Å². The molecule has 2 fully saturated rings. The molecular formula is C31H33F2N5O. The summed E-state index contributed by atoms with van der Waals surface area (Å²) in [6.45, 7) is 4.68. The van der Waals surface area contributed by atoms with Gasteiger partial charge in [0.2, 0.25) is 0 Å². The molecule has 1 saturated heterocycles. The lowest BCUT2D eigenvalue weighted by Crippen LogP contribution is -2.26. The summed E-state index contributed by atoms with van der Waals surface area (Å²) in [6.07, 6.45) is 5.06. The summed E-state index contributed by atoms with van der Waals surface area (Å²) < 4.78 is 32.9. The molecule has 39 heavy (non-hydrogen) atoms. The van der Waals surface area contributed by atoms with Crippen LogP contribution < -0.4 is 15.8 Å². The highest BCUT2D eigenvalue weighted by atomic mass is 19.3. The second-order valence-electron chi connectivity index (χ2n) is 11.5. The monoisotopic (exact) mass is 529 g/mol. The van der Waals surface area contributed by atoms with Crippen molar-refractivity contribution in [1.82, 2.24) is 19.7 Å². The molecule has 2 aromatic heterocycles. The fourth-order valence-electron chi connectivity index (χ4n) is 7.23. The fraction of sp³-hybridized carbons (Fsp3) is 0.419. The first kappa shape index (κ1) is 24.5. The van der Waals surface area contributed by atoms with Gasteiger partial charge in [0.15, 0.2) is 0 Å². The molecular weight excluding hydrogens is 496 g/mol. The van der Waals surface area contributed by atoms with Gasteiger partial charge in [-0.25, -0.2) is 8.78 Å². The van der Waals surface area contributed by atoms with Crippen molar-refractivity contribution < 1.29 is 8.78 Å². The first-order chi connectivity index (χ1) is 18.9. The van der Waals surface area contributed by atoms with E-state index in [4.69, 9.17) is 0 Å². The Morgan fingerprint density at radius 1 is 1.08 bits per heavy atom. The van der Waals surface area contributed by atoms with Gasteiger partial charge in [0.05, 0.1) is 23.4 Å². The van der Waals surface area contributed by atoms with Gasteiger partial charge < -0.3 is 14.8 Å². The number of rotatable bonds is 4. The number of halogens is 2. The Morgan fingerprint density at radius 2 is 1.87 bits per heavy atom. The van der Waals surface area contributed by atoms with Crippen LogP contribution in [0.5, 0.6) is 0 Å². The fourth-order valence-corrected chi connectivity index (χ4v) is 7.23. The maximum Gasteiger partial charge on any atom is 0.264 e. The number of alkyl halides is 2. The van der Waals surface area contributed by atoms with Crippen LogP contribution in [-0.2, 0) is 13.5 Å². The van der Waals surface area contributed by atoms with E-state index in [1.807, 2.05) is 48.1 Å². The summed E-state index contributed by atoms with van der Waals surface area (Å²) in [6, 6.07) is 11.8. The van der Waals surface area contributed by atoms with Crippen molar-refractivity contribution in [2.24, 2.45) is 18.9 Å². The minimum absolute atomic E-state index is 0.0265. The van der Waals surface area contributed by atoms with E-state index in [1.54, 1.807) is 23.9 Å². The second kappa shape index (κ2) is 9.30. The zero-order valence-electron chi connectivity index (χ0n) is 22.3. The summed E-state index contributed by atoms with van der Waals surface area (Å²) in [5.74, 6) is 1.38. The zero-order valence-corrected chi connectivity index (χ0v) is 22.3. The zero-order chi connectivity index (χ0) is 26.8. The first-order valence-electron chi connectivity index (χ1n) is 14.0. The summed E-state index contributed by atoms with van der Waals surface area (Å²) >= 11 is 0. The molecule has 1 N–H and O–H groups in total. The molecule has 3 atom stereocenters. The van der Waals surface area contributed by atoms with E-state index in [0.29, 0.717) is 29.0 Å². The third-order valence-electron chi connectivity index (χ3n) is 9.24. The highest BCUT2D eigenvalue weighted by Gasteiger charge is 2.38. The molecule has 7 rings (SSSR count). The maximum absolute atomic E-state index is 14.6. The van der Waals surface area contributed by atoms with Crippen molar-refractivity contribution in [3.8, 4) is 11.1 Å². The van der Waals surface area contributed by atoms with Gasteiger partial charge in [-0.1, -0.05) is 6.07 Å². The number of anilines is 2. The van der Waals surface area contributed by atoms with Crippen molar-refractivity contribution in [2.75, 3.05) is 24.5 Å². The van der Waals surface area contributed by atoms with E-state index in [9.17, 15) is 13.6 Å². The number of nitrogens with zero attached hydrogens (tertiary/aromatic N) is 4. The number of nitrogens with one attached hydrogen (secondary N) is 1. The number of hydrogen-bond acceptors (Lipinski definition) is 4. The van der Waals surface area contributed by atoms with Gasteiger partial charge in [-0.05, 0) is 99.0 Å². The molecule has 6 nitrogen and oxygen atoms in total. The molecule has 0 radical (unpaired) electrons. The molecule has 1 saturated carbocycles. The second-order valence-corrected chi connectivity index (χ2v) is 11.5. The Balaban J connectivity index is 1.29. The van der Waals surface area contributed by atoms with Gasteiger partial charge in [0, 0.05) is 47.6 Å². The third-order valence-corrected chi connectivity index (χ3v) is 9.24. The third kappa shape index (κ3) is 3.99. The lowest BCUT2D eigenvalue weighted by Gasteiger charge is -2.33. The lowest BCUT2D eigenvalue weighted by molar-refractivity contribution is 0.152. The summed E-state index contributed by atoms with van der Waals surface area (Å²) in [5, 5.41) is 9.07. The normalized spacial score (nSPS) is 22.6. The van der Waals surface area contributed by atoms with Gasteiger partial charge in [0.1, 0.15) is 0 Å². The number of hydrogen-bond donors (Lipinski definition) is 1. The Kier molecular flexibility index (Phi) is 5.84. The number of fused-ring (bicyclic) bond motifs is 3. The van der Waals surface area contributed by atoms with Gasteiger partial charge in [-0.15, -0.1) is 0 Å². The standard InChI is InChI=1S/C31H33F2N5O/c1-18-9-26-27(36(2)31(18)39)6-3-7-28(26)37-8-4-5-19-12-24(25(30(32)33)13-29(19)37)22-16-35-38(17-22)23-10-20-14-34-15-21(20)11-23/h3,6-7,9,12-13,16-17,20-21,23,30,34H,4-5,8,10-11,14-15H2,1-2H3/t20-,21+,23?. The van der Waals surface area contributed by atoms with Crippen LogP contribution in [0.1, 0.15) is 48.4 Å². The number of aryl methyl sites for hydroxylation is 3. The van der Waals surface area contributed by atoms with Crippen LogP contribution in [0.3, 0.4) is 0 Å². The van der Waals surface area contributed by atoms with Crippen molar-refractivity contribution in [3.63, 3.8) is 0 Å². The molecule has 1 aliphatic carbocycles. The van der Waals surface area contributed by atoms with E-state index in [0.717, 1.165) is 78.7 Å². The van der Waals surface area contributed by atoms with Crippen LogP contribution in [0, 0.1) is 18.8 Å². The summed E-state index contributed by atoms with van der Waals surface area (Å²) in [7, 11) is 1.78. The molecule has 8 heteroatoms. The molecule has 0 amide bonds. The van der Waals surface area contributed by atoms with E-state index < -0.39 is 6.43 Å². The van der Waals surface area contributed by atoms with Gasteiger partial charge >= 0.3 is 0 Å². The van der Waals surface area contributed by atoms with Gasteiger partial charge in [-0.3, -0.25) is 9.48 Å². The van der Waals surface area contributed by atoms with Gasteiger partial charge in [0.25, 0.3) is 12.0 Å². The highest BCUT2D eigenvalue weighted by Crippen LogP contribution is 2.44. The Labute approximate surface area is 226 Å². The predicted octanol–water partition coefficient (Wildman–Crippen LogP) is 5.90. The minimum Gasteiger partial charge on any atom is -0.341 e. The van der Waals surface area contributed by atoms with Crippen molar-refractivity contribution in [3.05, 3.63) is 75.8 Å². The van der Waals surface area contributed by atoms with Crippen molar-refractivity contribution in [2.45, 2.75) is 45.1 Å². The number of benzene rings is 2. The SMILES string of the molecule is Cc1cc2c(N3CCCc4cc(-c5cnn(C6C[C@H]7CNC[C@H]7C6)c5)c(C(F)F)cc43)cccc2n(C)c1=O. The maximum atomic E-state index is 14.6. The van der Waals surface area contributed by atoms with E-state index in [2.05, 4.69) is 15.3 Å². The Bertz CT molecular complexity index is 1630. The Morgan fingerprint density at radius 3 is 2.64 bits per heavy atom. The van der Waals surface area contributed by atoms with E-state index >= 15 is 0 Å². The lowest BCUT2D eigenvalue weighted by atomic mass is 9.92. The van der Waals surface area contributed by atoms with Crippen molar-refractivity contribution >= 4 is 22.3 Å². The minimum atomic E-state index is -2.61. The molecule has 1 unspecified atom stereocenters. The van der Waals surface area contributed by atoms with Crippen LogP contribution in [-0.4, -0.2) is 34.0 Å². The van der Waals surface area contributed by atoms with Crippen LogP contribution >= 0.6 is 0 Å².